The van der Waals surface area contributed by atoms with E-state index >= 15 is 0 Å². The number of anilines is 1. The minimum Gasteiger partial charge on any atom is -0.368 e. The summed E-state index contributed by atoms with van der Waals surface area (Å²) >= 11 is 0. The summed E-state index contributed by atoms with van der Waals surface area (Å²) in [6, 6.07) is 16.1. The predicted molar refractivity (Wildman–Crippen MR) is 90.5 cm³/mol. The Morgan fingerprint density at radius 2 is 1.55 bits per heavy atom. The van der Waals surface area contributed by atoms with E-state index in [0.29, 0.717) is 0 Å². The maximum absolute atomic E-state index is 12.4. The molecular weight excluding hydrogens is 272 g/mol. The fraction of sp³-hybridized carbons (Fsp3) is 0.316. The minimum atomic E-state index is 0.139. The van der Waals surface area contributed by atoms with Crippen LogP contribution in [0.15, 0.2) is 48.5 Å². The lowest BCUT2D eigenvalue weighted by Gasteiger charge is -2.36. The molecule has 2 aromatic carbocycles. The second kappa shape index (κ2) is 6.22. The van der Waals surface area contributed by atoms with Crippen LogP contribution in [0.2, 0.25) is 0 Å². The van der Waals surface area contributed by atoms with Crippen molar-refractivity contribution in [2.45, 2.75) is 13.8 Å². The standard InChI is InChI=1S/C19H22N2O/c1-15-8-9-18(14-16(15)2)20-10-12-21(13-11-20)19(22)17-6-4-3-5-7-17/h3-9,14H,10-13H2,1-2H3. The van der Waals surface area contributed by atoms with E-state index in [0.717, 1.165) is 31.7 Å². The molecule has 1 amide bonds. The van der Waals surface area contributed by atoms with Crippen LogP contribution >= 0.6 is 0 Å². The van der Waals surface area contributed by atoms with Crippen LogP contribution < -0.4 is 4.90 Å². The molecule has 0 N–H and O–H groups in total. The molecular formula is C19H22N2O. The molecule has 0 unspecified atom stereocenters. The summed E-state index contributed by atoms with van der Waals surface area (Å²) in [4.78, 5) is 16.8. The third-order valence-corrected chi connectivity index (χ3v) is 4.44. The molecule has 0 atom stereocenters. The fourth-order valence-electron chi connectivity index (χ4n) is 2.85. The van der Waals surface area contributed by atoms with Gasteiger partial charge in [-0.1, -0.05) is 24.3 Å². The molecule has 2 aromatic rings. The molecule has 0 aromatic heterocycles. The van der Waals surface area contributed by atoms with Gasteiger partial charge in [0, 0.05) is 37.4 Å². The molecule has 1 heterocycles. The molecule has 1 saturated heterocycles. The molecule has 3 rings (SSSR count). The Morgan fingerprint density at radius 1 is 0.864 bits per heavy atom. The largest absolute Gasteiger partial charge is 0.368 e. The molecule has 1 aliphatic heterocycles. The van der Waals surface area contributed by atoms with Gasteiger partial charge in [-0.05, 0) is 49.2 Å². The lowest BCUT2D eigenvalue weighted by Crippen LogP contribution is -2.48. The predicted octanol–water partition coefficient (Wildman–Crippen LogP) is 3.27. The Morgan fingerprint density at radius 3 is 2.18 bits per heavy atom. The van der Waals surface area contributed by atoms with Crippen molar-refractivity contribution in [1.29, 1.82) is 0 Å². The minimum absolute atomic E-state index is 0.139. The number of carbonyl (C=O) groups is 1. The summed E-state index contributed by atoms with van der Waals surface area (Å²) in [5.74, 6) is 0.139. The van der Waals surface area contributed by atoms with Crippen LogP contribution in [0.5, 0.6) is 0 Å². The van der Waals surface area contributed by atoms with Crippen molar-refractivity contribution in [2.75, 3.05) is 31.1 Å². The summed E-state index contributed by atoms with van der Waals surface area (Å²) in [6.07, 6.45) is 0. The van der Waals surface area contributed by atoms with E-state index in [1.165, 1.54) is 16.8 Å². The van der Waals surface area contributed by atoms with Gasteiger partial charge in [-0.2, -0.15) is 0 Å². The monoisotopic (exact) mass is 294 g/mol. The first-order chi connectivity index (χ1) is 10.6. The van der Waals surface area contributed by atoms with Crippen LogP contribution in [0.25, 0.3) is 0 Å². The van der Waals surface area contributed by atoms with E-state index in [-0.39, 0.29) is 5.91 Å². The second-order valence-electron chi connectivity index (χ2n) is 5.91. The van der Waals surface area contributed by atoms with Gasteiger partial charge in [0.1, 0.15) is 0 Å². The van der Waals surface area contributed by atoms with Crippen molar-refractivity contribution in [3.8, 4) is 0 Å². The van der Waals surface area contributed by atoms with Crippen molar-refractivity contribution < 1.29 is 4.79 Å². The van der Waals surface area contributed by atoms with Crippen molar-refractivity contribution in [3.63, 3.8) is 0 Å². The topological polar surface area (TPSA) is 23.6 Å². The van der Waals surface area contributed by atoms with Crippen LogP contribution in [0.1, 0.15) is 21.5 Å². The van der Waals surface area contributed by atoms with E-state index < -0.39 is 0 Å². The van der Waals surface area contributed by atoms with E-state index in [9.17, 15) is 4.79 Å². The maximum atomic E-state index is 12.4. The van der Waals surface area contributed by atoms with Gasteiger partial charge in [0.15, 0.2) is 0 Å². The second-order valence-corrected chi connectivity index (χ2v) is 5.91. The van der Waals surface area contributed by atoms with Gasteiger partial charge in [0.05, 0.1) is 0 Å². The van der Waals surface area contributed by atoms with Crippen molar-refractivity contribution >= 4 is 11.6 Å². The number of benzene rings is 2. The maximum Gasteiger partial charge on any atom is 0.253 e. The molecule has 22 heavy (non-hydrogen) atoms. The van der Waals surface area contributed by atoms with Crippen LogP contribution in [0.4, 0.5) is 5.69 Å². The Labute approximate surface area is 132 Å². The molecule has 0 saturated carbocycles. The summed E-state index contributed by atoms with van der Waals surface area (Å²) < 4.78 is 0. The Bertz CT molecular complexity index is 658. The van der Waals surface area contributed by atoms with Crippen molar-refractivity contribution in [2.24, 2.45) is 0 Å². The number of hydrogen-bond acceptors (Lipinski definition) is 2. The first-order valence-electron chi connectivity index (χ1n) is 7.81. The molecule has 0 bridgehead atoms. The quantitative estimate of drug-likeness (QED) is 0.848. The highest BCUT2D eigenvalue weighted by atomic mass is 16.2. The average Bonchev–Trinajstić information content (AvgIpc) is 2.58. The van der Waals surface area contributed by atoms with Gasteiger partial charge in [0.25, 0.3) is 5.91 Å². The van der Waals surface area contributed by atoms with E-state index in [4.69, 9.17) is 0 Å². The Balaban J connectivity index is 1.65. The van der Waals surface area contributed by atoms with E-state index in [2.05, 4.69) is 36.9 Å². The first kappa shape index (κ1) is 14.6. The van der Waals surface area contributed by atoms with Gasteiger partial charge in [-0.15, -0.1) is 0 Å². The molecule has 0 radical (unpaired) electrons. The average molecular weight is 294 g/mol. The van der Waals surface area contributed by atoms with Gasteiger partial charge < -0.3 is 9.80 Å². The zero-order valence-corrected chi connectivity index (χ0v) is 13.2. The molecule has 0 spiro atoms. The Hall–Kier alpha value is -2.29. The van der Waals surface area contributed by atoms with E-state index in [1.54, 1.807) is 0 Å². The van der Waals surface area contributed by atoms with Gasteiger partial charge >= 0.3 is 0 Å². The SMILES string of the molecule is Cc1ccc(N2CCN(C(=O)c3ccccc3)CC2)cc1C. The first-order valence-corrected chi connectivity index (χ1v) is 7.81. The summed E-state index contributed by atoms with van der Waals surface area (Å²) in [6.45, 7) is 7.62. The number of aryl methyl sites for hydroxylation is 2. The van der Waals surface area contributed by atoms with E-state index in [1.807, 2.05) is 35.2 Å². The molecule has 3 nitrogen and oxygen atoms in total. The Kier molecular flexibility index (Phi) is 4.14. The van der Waals surface area contributed by atoms with Gasteiger partial charge in [-0.3, -0.25) is 4.79 Å². The number of carbonyl (C=O) groups excluding carboxylic acids is 1. The fourth-order valence-corrected chi connectivity index (χ4v) is 2.85. The van der Waals surface area contributed by atoms with Crippen LogP contribution in [-0.4, -0.2) is 37.0 Å². The molecule has 1 fully saturated rings. The number of rotatable bonds is 2. The summed E-state index contributed by atoms with van der Waals surface area (Å²) in [5.41, 5.74) is 4.68. The highest BCUT2D eigenvalue weighted by molar-refractivity contribution is 5.94. The number of piperazine rings is 1. The number of nitrogens with zero attached hydrogens (tertiary/aromatic N) is 2. The third kappa shape index (κ3) is 2.98. The molecule has 1 aliphatic rings. The number of hydrogen-bond donors (Lipinski definition) is 0. The van der Waals surface area contributed by atoms with Crippen molar-refractivity contribution in [3.05, 3.63) is 65.2 Å². The van der Waals surface area contributed by atoms with Crippen LogP contribution in [0, 0.1) is 13.8 Å². The smallest absolute Gasteiger partial charge is 0.253 e. The lowest BCUT2D eigenvalue weighted by atomic mass is 10.1. The normalized spacial score (nSPS) is 15.0. The molecule has 114 valence electrons. The highest BCUT2D eigenvalue weighted by Crippen LogP contribution is 2.20. The van der Waals surface area contributed by atoms with Crippen molar-refractivity contribution in [1.82, 2.24) is 4.90 Å². The van der Waals surface area contributed by atoms with Gasteiger partial charge in [-0.25, -0.2) is 0 Å². The third-order valence-electron chi connectivity index (χ3n) is 4.44. The number of amides is 1. The summed E-state index contributed by atoms with van der Waals surface area (Å²) in [5, 5.41) is 0. The zero-order chi connectivity index (χ0) is 15.5. The van der Waals surface area contributed by atoms with Crippen LogP contribution in [0.3, 0.4) is 0 Å². The van der Waals surface area contributed by atoms with Gasteiger partial charge in [0.2, 0.25) is 0 Å². The van der Waals surface area contributed by atoms with Crippen LogP contribution in [-0.2, 0) is 0 Å². The lowest BCUT2D eigenvalue weighted by molar-refractivity contribution is 0.0747. The molecule has 0 aliphatic carbocycles. The highest BCUT2D eigenvalue weighted by Gasteiger charge is 2.22. The zero-order valence-electron chi connectivity index (χ0n) is 13.2. The molecule has 3 heteroatoms. The summed E-state index contributed by atoms with van der Waals surface area (Å²) in [7, 11) is 0.